The van der Waals surface area contributed by atoms with Crippen LogP contribution in [0.5, 0.6) is 0 Å². The van der Waals surface area contributed by atoms with Crippen LogP contribution >= 0.6 is 0 Å². The third-order valence-electron chi connectivity index (χ3n) is 9.17. The zero-order valence-electron chi connectivity index (χ0n) is 24.2. The number of rotatable bonds is 5. The van der Waals surface area contributed by atoms with Crippen molar-refractivity contribution in [2.24, 2.45) is 0 Å². The highest BCUT2D eigenvalue weighted by Gasteiger charge is 2.59. The second-order valence-corrected chi connectivity index (χ2v) is 11.0. The molecule has 2 aliphatic carbocycles. The maximum atomic E-state index is 13.8. The first-order chi connectivity index (χ1) is 19.4. The lowest BCUT2D eigenvalue weighted by atomic mass is 9.68. The molecule has 0 aromatic heterocycles. The largest absolute Gasteiger partial charge is 0.492 e. The van der Waals surface area contributed by atoms with Gasteiger partial charge in [0, 0.05) is 45.1 Å². The summed E-state index contributed by atoms with van der Waals surface area (Å²) in [6.07, 6.45) is 0.498. The van der Waals surface area contributed by atoms with E-state index in [0.29, 0.717) is 11.1 Å². The number of piperazine rings is 1. The highest BCUT2D eigenvalue weighted by atomic mass is 16.5. The third-order valence-corrected chi connectivity index (χ3v) is 9.17. The molecule has 11 nitrogen and oxygen atoms in total. The van der Waals surface area contributed by atoms with Crippen LogP contribution in [0.3, 0.4) is 0 Å². The first-order valence-electron chi connectivity index (χ1n) is 13.5. The topological polar surface area (TPSA) is 140 Å². The minimum absolute atomic E-state index is 0.0224. The van der Waals surface area contributed by atoms with Crippen LogP contribution < -0.4 is 0 Å². The molecule has 5 aliphatic rings. The molecule has 2 bridgehead atoms. The molecule has 11 heteroatoms. The Morgan fingerprint density at radius 3 is 1.95 bits per heavy atom. The number of Topliss-reactive ketones (excluding diaryl/α,β-unsaturated/α-hetero) is 4. The van der Waals surface area contributed by atoms with E-state index in [1.54, 1.807) is 38.8 Å². The number of carbonyl (C=O) groups excluding carboxylic acids is 5. The lowest BCUT2D eigenvalue weighted by Gasteiger charge is -2.60. The predicted molar refractivity (Wildman–Crippen MR) is 144 cm³/mol. The van der Waals surface area contributed by atoms with Crippen LogP contribution in [0, 0.1) is 0 Å². The number of aliphatic hydroxyl groups excluding tert-OH is 1. The minimum Gasteiger partial charge on any atom is -0.492 e. The fourth-order valence-electron chi connectivity index (χ4n) is 6.97. The summed E-state index contributed by atoms with van der Waals surface area (Å²) in [5.41, 5.74) is 1.65. The Hall–Kier alpha value is -3.67. The van der Waals surface area contributed by atoms with Gasteiger partial charge in [0.2, 0.25) is 11.6 Å². The molecule has 0 aromatic rings. The molecule has 0 unspecified atom stereocenters. The summed E-state index contributed by atoms with van der Waals surface area (Å²) in [7, 11) is 4.42. The molecule has 0 amide bonds. The third kappa shape index (κ3) is 4.01. The average molecular weight is 567 g/mol. The number of hydrogen-bond acceptors (Lipinski definition) is 11. The molecule has 0 aromatic carbocycles. The normalized spacial score (nSPS) is 30.9. The first kappa shape index (κ1) is 28.8. The van der Waals surface area contributed by atoms with Gasteiger partial charge in [0.15, 0.2) is 23.1 Å². The number of ketones is 4. The number of allylic oxidation sites excluding steroid dienone is 5. The molecule has 1 fully saturated rings. The van der Waals surface area contributed by atoms with Crippen LogP contribution in [-0.4, -0.2) is 102 Å². The van der Waals surface area contributed by atoms with Crippen molar-refractivity contribution in [2.45, 2.75) is 70.9 Å². The van der Waals surface area contributed by atoms with Gasteiger partial charge in [-0.2, -0.15) is 0 Å². The van der Waals surface area contributed by atoms with Crippen molar-refractivity contribution in [2.75, 3.05) is 27.9 Å². The number of nitrogens with zero attached hydrogens (tertiary/aromatic N) is 2. The van der Waals surface area contributed by atoms with Crippen molar-refractivity contribution >= 4 is 29.1 Å². The number of fused-ring (bicyclic) bond motifs is 5. The van der Waals surface area contributed by atoms with Crippen molar-refractivity contribution in [1.82, 2.24) is 9.80 Å². The number of hydrogen-bond donors (Lipinski definition) is 1. The van der Waals surface area contributed by atoms with E-state index in [0.717, 1.165) is 0 Å². The summed E-state index contributed by atoms with van der Waals surface area (Å²) in [6.45, 7) is 6.03. The van der Waals surface area contributed by atoms with Gasteiger partial charge in [-0.3, -0.25) is 29.0 Å². The number of esters is 1. The predicted octanol–water partition coefficient (Wildman–Crippen LogP) is 1.08. The number of carbonyl (C=O) groups is 5. The van der Waals surface area contributed by atoms with E-state index in [4.69, 9.17) is 14.2 Å². The molecule has 1 saturated heterocycles. The van der Waals surface area contributed by atoms with E-state index in [-0.39, 0.29) is 70.4 Å². The van der Waals surface area contributed by atoms with Crippen LogP contribution in [0.1, 0.15) is 40.5 Å². The zero-order chi connectivity index (χ0) is 30.1. The van der Waals surface area contributed by atoms with E-state index >= 15 is 0 Å². The van der Waals surface area contributed by atoms with Crippen molar-refractivity contribution in [3.8, 4) is 0 Å². The van der Waals surface area contributed by atoms with E-state index in [9.17, 15) is 29.1 Å². The number of ether oxygens (including phenoxy) is 3. The molecular formula is C30H34N2O9. The van der Waals surface area contributed by atoms with Crippen LogP contribution in [0.15, 0.2) is 56.6 Å². The maximum Gasteiger partial charge on any atom is 0.333 e. The first-order valence-corrected chi connectivity index (χ1v) is 13.5. The highest BCUT2D eigenvalue weighted by Crippen LogP contribution is 2.48. The molecule has 41 heavy (non-hydrogen) atoms. The fraction of sp³-hybridized carbons (Fsp3) is 0.500. The van der Waals surface area contributed by atoms with E-state index in [1.807, 2.05) is 4.90 Å². The Morgan fingerprint density at radius 2 is 1.41 bits per heavy atom. The second kappa shape index (κ2) is 10.3. The summed E-state index contributed by atoms with van der Waals surface area (Å²) in [5, 5.41) is 11.8. The Balaban J connectivity index is 1.67. The molecular weight excluding hydrogens is 532 g/mol. The van der Waals surface area contributed by atoms with Gasteiger partial charge in [-0.25, -0.2) is 4.79 Å². The maximum absolute atomic E-state index is 13.8. The van der Waals surface area contributed by atoms with Gasteiger partial charge in [0.1, 0.15) is 12.8 Å². The second-order valence-electron chi connectivity index (χ2n) is 11.0. The minimum atomic E-state index is -1.22. The summed E-state index contributed by atoms with van der Waals surface area (Å²) < 4.78 is 16.3. The quantitative estimate of drug-likeness (QED) is 0.290. The van der Waals surface area contributed by atoms with Crippen LogP contribution in [0.25, 0.3) is 0 Å². The Bertz CT molecular complexity index is 1460. The van der Waals surface area contributed by atoms with Crippen molar-refractivity contribution in [3.63, 3.8) is 0 Å². The highest BCUT2D eigenvalue weighted by molar-refractivity contribution is 6.26. The summed E-state index contributed by atoms with van der Waals surface area (Å²) >= 11 is 0. The van der Waals surface area contributed by atoms with Crippen molar-refractivity contribution in [3.05, 3.63) is 56.6 Å². The van der Waals surface area contributed by atoms with Gasteiger partial charge < -0.3 is 19.3 Å². The van der Waals surface area contributed by atoms with Crippen molar-refractivity contribution < 1.29 is 43.3 Å². The Labute approximate surface area is 237 Å². The number of aliphatic hydroxyl groups is 1. The molecule has 0 radical (unpaired) electrons. The van der Waals surface area contributed by atoms with Crippen LogP contribution in [0.4, 0.5) is 0 Å². The number of likely N-dealkylation sites (N-methyl/N-ethyl adjacent to an activating group) is 1. The lowest BCUT2D eigenvalue weighted by Crippen LogP contribution is -2.74. The van der Waals surface area contributed by atoms with E-state index in [1.165, 1.54) is 21.1 Å². The van der Waals surface area contributed by atoms with Gasteiger partial charge in [-0.15, -0.1) is 0 Å². The molecule has 0 spiro atoms. The van der Waals surface area contributed by atoms with Crippen LogP contribution in [-0.2, 0) is 38.2 Å². The molecule has 1 N–H and O–H groups in total. The smallest absolute Gasteiger partial charge is 0.333 e. The zero-order valence-corrected chi connectivity index (χ0v) is 24.2. The molecule has 0 saturated carbocycles. The Morgan fingerprint density at radius 1 is 0.902 bits per heavy atom. The fourth-order valence-corrected chi connectivity index (χ4v) is 6.97. The monoisotopic (exact) mass is 566 g/mol. The van der Waals surface area contributed by atoms with Crippen molar-refractivity contribution in [1.29, 1.82) is 0 Å². The number of methoxy groups -OCH3 is 2. The SMILES string of the molecule is C/C=C(/C)C(=O)OC[C@H]1C2=C(C[C@H]3[C@H]4C5=C(C[C@@H]([C@H](O)N13)N4C)C(=O)C(C)=C(OC)C5=O)C(=O)C(C)=C(OC)C2=O. The Kier molecular flexibility index (Phi) is 7.25. The van der Waals surface area contributed by atoms with Gasteiger partial charge in [-0.1, -0.05) is 6.08 Å². The van der Waals surface area contributed by atoms with E-state index in [2.05, 4.69) is 0 Å². The summed E-state index contributed by atoms with van der Waals surface area (Å²) in [4.78, 5) is 70.7. The molecule has 5 atom stereocenters. The lowest BCUT2D eigenvalue weighted by molar-refractivity contribution is -0.171. The van der Waals surface area contributed by atoms with Crippen LogP contribution in [0.2, 0.25) is 0 Å². The summed E-state index contributed by atoms with van der Waals surface area (Å²) in [6, 6.07) is -3.03. The molecule has 218 valence electrons. The van der Waals surface area contributed by atoms with Gasteiger partial charge in [-0.05, 0) is 47.6 Å². The molecule has 3 heterocycles. The summed E-state index contributed by atoms with van der Waals surface area (Å²) in [5.74, 6) is -2.36. The van der Waals surface area contributed by atoms with Gasteiger partial charge >= 0.3 is 5.97 Å². The molecule has 3 aliphatic heterocycles. The average Bonchev–Trinajstić information content (AvgIpc) is 2.95. The van der Waals surface area contributed by atoms with Gasteiger partial charge in [0.25, 0.3) is 0 Å². The van der Waals surface area contributed by atoms with E-state index < -0.39 is 47.9 Å². The standard InChI is InChI=1S/C30H34N2O9/c1-8-12(2)30(38)41-11-19-20-15(23(33)13(3)27(39-6)25(20)35)9-17-22-21-16(10-18(31(22)5)29(37)32(17)19)24(34)14(4)28(40-7)26(21)36/h8,17-19,22,29,37H,9-11H2,1-7H3/b12-8-/t17-,18-,19-,22-,29-/m0/s1. The van der Waals surface area contributed by atoms with Gasteiger partial charge in [0.05, 0.1) is 32.3 Å². The molecule has 5 rings (SSSR count).